The van der Waals surface area contributed by atoms with Crippen LogP contribution in [0.15, 0.2) is 77.6 Å². The van der Waals surface area contributed by atoms with E-state index in [4.69, 9.17) is 14.8 Å². The Labute approximate surface area is 237 Å². The van der Waals surface area contributed by atoms with Crippen LogP contribution in [-0.4, -0.2) is 42.9 Å². The summed E-state index contributed by atoms with van der Waals surface area (Å²) in [5.41, 5.74) is 2.68. The van der Waals surface area contributed by atoms with Crippen LogP contribution in [0.25, 0.3) is 22.5 Å². The van der Waals surface area contributed by atoms with E-state index in [1.807, 2.05) is 36.4 Å². The maximum atomic E-state index is 14.8. The Kier molecular flexibility index (Phi) is 7.84. The number of aromatic hydroxyl groups is 1. The maximum Gasteiger partial charge on any atom is 0.329 e. The zero-order valence-corrected chi connectivity index (χ0v) is 23.1. The molecule has 39 heavy (non-hydrogen) atoms. The highest BCUT2D eigenvalue weighted by atomic mass is 127. The van der Waals surface area contributed by atoms with E-state index in [-0.39, 0.29) is 24.8 Å². The third kappa shape index (κ3) is 5.62. The van der Waals surface area contributed by atoms with Crippen LogP contribution in [-0.2, 0) is 6.42 Å². The van der Waals surface area contributed by atoms with Crippen LogP contribution >= 0.6 is 22.6 Å². The van der Waals surface area contributed by atoms with Crippen LogP contribution in [0.4, 0.5) is 4.39 Å². The van der Waals surface area contributed by atoms with Crippen molar-refractivity contribution in [2.24, 2.45) is 0 Å². The molecule has 5 rings (SSSR count). The number of imidazole rings is 2. The van der Waals surface area contributed by atoms with Crippen LogP contribution in [0, 0.1) is 16.3 Å². The van der Waals surface area contributed by atoms with Crippen LogP contribution < -0.4 is 10.4 Å². The number of ether oxygens (including phenoxy) is 1. The van der Waals surface area contributed by atoms with Gasteiger partial charge in [-0.05, 0) is 77.5 Å². The van der Waals surface area contributed by atoms with E-state index >= 15 is 0 Å². The number of nitrogens with one attached hydrogen (secondary N) is 2. The predicted octanol–water partition coefficient (Wildman–Crippen LogP) is 5.19. The van der Waals surface area contributed by atoms with Gasteiger partial charge in [-0.15, -0.1) is 0 Å². The topological polar surface area (TPSA) is 116 Å². The van der Waals surface area contributed by atoms with Crippen molar-refractivity contribution in [2.75, 3.05) is 13.2 Å². The van der Waals surface area contributed by atoms with Gasteiger partial charge in [0.05, 0.1) is 12.3 Å². The minimum atomic E-state index is -0.712. The third-order valence-electron chi connectivity index (χ3n) is 6.39. The van der Waals surface area contributed by atoms with Gasteiger partial charge in [-0.1, -0.05) is 30.3 Å². The third-order valence-corrected chi connectivity index (χ3v) is 7.06. The van der Waals surface area contributed by atoms with E-state index in [1.54, 1.807) is 37.3 Å². The molecule has 0 radical (unpaired) electrons. The van der Waals surface area contributed by atoms with Gasteiger partial charge in [0.2, 0.25) is 5.88 Å². The van der Waals surface area contributed by atoms with Gasteiger partial charge in [0.15, 0.2) is 0 Å². The van der Waals surface area contributed by atoms with Gasteiger partial charge >= 0.3 is 5.69 Å². The fraction of sp³-hybridized carbons (Fsp3) is 0.172. The summed E-state index contributed by atoms with van der Waals surface area (Å²) in [5, 5.41) is 20.3. The number of aliphatic hydroxyl groups excluding tert-OH is 1. The number of nitrogens with zero attached hydrogens (tertiary/aromatic N) is 2. The van der Waals surface area contributed by atoms with Crippen molar-refractivity contribution in [2.45, 2.75) is 19.4 Å². The Morgan fingerprint density at radius 1 is 1.08 bits per heavy atom. The van der Waals surface area contributed by atoms with Crippen molar-refractivity contribution in [3.63, 3.8) is 0 Å². The van der Waals surface area contributed by atoms with Crippen LogP contribution in [0.3, 0.4) is 0 Å². The van der Waals surface area contributed by atoms with E-state index in [1.165, 1.54) is 10.6 Å². The second-order valence-corrected chi connectivity index (χ2v) is 10.3. The number of H-pyrrole nitrogens is 2. The molecule has 0 aliphatic heterocycles. The first kappa shape index (κ1) is 26.7. The molecule has 2 heterocycles. The Bertz CT molecular complexity index is 1640. The molecule has 3 aromatic carbocycles. The van der Waals surface area contributed by atoms with Gasteiger partial charge < -0.3 is 24.9 Å². The second-order valence-electron chi connectivity index (χ2n) is 9.02. The van der Waals surface area contributed by atoms with E-state index in [2.05, 4.69) is 32.6 Å². The Morgan fingerprint density at radius 2 is 1.82 bits per heavy atom. The first-order valence-electron chi connectivity index (χ1n) is 12.3. The molecular weight excluding hydrogens is 614 g/mol. The number of aliphatic hydroxyl groups is 1. The molecule has 1 atom stereocenters. The second kappa shape index (κ2) is 11.5. The summed E-state index contributed by atoms with van der Waals surface area (Å²) in [4.78, 5) is 24.0. The molecule has 0 saturated heterocycles. The molecule has 10 heteroatoms. The predicted molar refractivity (Wildman–Crippen MR) is 154 cm³/mol. The molecule has 0 unspecified atom stereocenters. The summed E-state index contributed by atoms with van der Waals surface area (Å²) in [7, 11) is 0. The Balaban J connectivity index is 1.58. The fourth-order valence-electron chi connectivity index (χ4n) is 4.54. The normalized spacial score (nSPS) is 12.0. The van der Waals surface area contributed by atoms with Crippen LogP contribution in [0.5, 0.6) is 11.6 Å². The molecular formula is C29H26FIN4O4. The fourth-order valence-corrected chi connectivity index (χ4v) is 5.00. The lowest BCUT2D eigenvalue weighted by Gasteiger charge is -2.17. The quantitative estimate of drug-likeness (QED) is 0.166. The van der Waals surface area contributed by atoms with Crippen molar-refractivity contribution >= 4 is 22.6 Å². The summed E-state index contributed by atoms with van der Waals surface area (Å²) in [6, 6.07) is 20.6. The summed E-state index contributed by atoms with van der Waals surface area (Å²) in [6.07, 6.45) is 0.348. The zero-order chi connectivity index (χ0) is 27.5. The molecule has 0 amide bonds. The molecule has 0 spiro atoms. The van der Waals surface area contributed by atoms with Crippen molar-refractivity contribution in [1.82, 2.24) is 19.5 Å². The molecule has 200 valence electrons. The number of aromatic amines is 2. The van der Waals surface area contributed by atoms with E-state index in [0.717, 1.165) is 9.13 Å². The van der Waals surface area contributed by atoms with Gasteiger partial charge in [-0.25, -0.2) is 14.2 Å². The summed E-state index contributed by atoms with van der Waals surface area (Å²) in [5.74, 6) is 0.330. The molecule has 8 nitrogen and oxygen atoms in total. The molecule has 0 aliphatic rings. The number of hydrogen-bond donors (Lipinski definition) is 4. The van der Waals surface area contributed by atoms with Gasteiger partial charge in [-0.3, -0.25) is 4.57 Å². The van der Waals surface area contributed by atoms with E-state index in [0.29, 0.717) is 40.5 Å². The number of halogens is 2. The molecule has 4 N–H and O–H groups in total. The number of benzene rings is 3. The first-order chi connectivity index (χ1) is 18.9. The highest BCUT2D eigenvalue weighted by Crippen LogP contribution is 2.34. The standard InChI is InChI=1S/C29H26FIN4O4/c1-17-25(22-12-9-20(31)16-23(22)30)33-27(32-17)24(15-18-5-3-2-4-6-18)35-28(37)26(34-29(35)38)19-7-10-21(11-8-19)39-14-13-36/h2-12,16,24,36-37H,13-15H2,1H3,(H,32,33)(H,34,38)/t24-/m1/s1. The largest absolute Gasteiger partial charge is 0.493 e. The molecule has 0 bridgehead atoms. The van der Waals surface area contributed by atoms with E-state index < -0.39 is 17.5 Å². The van der Waals surface area contributed by atoms with Gasteiger partial charge in [-0.2, -0.15) is 0 Å². The molecule has 5 aromatic rings. The Hall–Kier alpha value is -3.90. The zero-order valence-electron chi connectivity index (χ0n) is 21.0. The minimum Gasteiger partial charge on any atom is -0.493 e. The molecule has 0 fully saturated rings. The van der Waals surface area contributed by atoms with E-state index in [9.17, 15) is 14.3 Å². The monoisotopic (exact) mass is 640 g/mol. The van der Waals surface area contributed by atoms with Crippen LogP contribution in [0.2, 0.25) is 0 Å². The van der Waals surface area contributed by atoms with Crippen LogP contribution in [0.1, 0.15) is 23.1 Å². The minimum absolute atomic E-state index is 0.105. The van der Waals surface area contributed by atoms with Crippen molar-refractivity contribution in [1.29, 1.82) is 0 Å². The average Bonchev–Trinajstić information content (AvgIpc) is 3.45. The molecule has 0 aliphatic carbocycles. The molecule has 2 aromatic heterocycles. The first-order valence-corrected chi connectivity index (χ1v) is 13.4. The lowest BCUT2D eigenvalue weighted by atomic mass is 10.0. The number of rotatable bonds is 9. The number of aryl methyl sites for hydroxylation is 1. The van der Waals surface area contributed by atoms with Crippen molar-refractivity contribution < 1.29 is 19.3 Å². The SMILES string of the molecule is Cc1[nH]c([C@@H](Cc2ccccc2)n2c(O)c(-c3ccc(OCCO)cc3)[nH]c2=O)nc1-c1ccc(I)cc1F. The summed E-state index contributed by atoms with van der Waals surface area (Å²) < 4.78 is 22.3. The lowest BCUT2D eigenvalue weighted by Crippen LogP contribution is -2.25. The van der Waals surface area contributed by atoms with Gasteiger partial charge in [0.25, 0.3) is 0 Å². The molecule has 0 saturated carbocycles. The highest BCUT2D eigenvalue weighted by Gasteiger charge is 2.27. The number of aromatic nitrogens is 4. The van der Waals surface area contributed by atoms with Gasteiger partial charge in [0, 0.05) is 26.8 Å². The van der Waals surface area contributed by atoms with Crippen molar-refractivity contribution in [3.05, 3.63) is 110 Å². The maximum absolute atomic E-state index is 14.8. The number of hydrogen-bond acceptors (Lipinski definition) is 5. The lowest BCUT2D eigenvalue weighted by molar-refractivity contribution is 0.201. The highest BCUT2D eigenvalue weighted by molar-refractivity contribution is 14.1. The van der Waals surface area contributed by atoms with Gasteiger partial charge in [0.1, 0.15) is 35.7 Å². The Morgan fingerprint density at radius 3 is 2.51 bits per heavy atom. The average molecular weight is 640 g/mol. The smallest absolute Gasteiger partial charge is 0.329 e. The van der Waals surface area contributed by atoms with Crippen molar-refractivity contribution in [3.8, 4) is 34.1 Å². The summed E-state index contributed by atoms with van der Waals surface area (Å²) >= 11 is 2.05. The summed E-state index contributed by atoms with van der Waals surface area (Å²) in [6.45, 7) is 1.86.